The zero-order chi connectivity index (χ0) is 13.1. The Morgan fingerprint density at radius 3 is 2.58 bits per heavy atom. The molecule has 0 saturated heterocycles. The van der Waals surface area contributed by atoms with Crippen LogP contribution in [0, 0.1) is 12.8 Å². The summed E-state index contributed by atoms with van der Waals surface area (Å²) in [6.45, 7) is 6.15. The van der Waals surface area contributed by atoms with E-state index in [9.17, 15) is 0 Å². The quantitative estimate of drug-likeness (QED) is 0.935. The van der Waals surface area contributed by atoms with E-state index in [1.54, 1.807) is 0 Å². The topological polar surface area (TPSA) is 64.9 Å². The molecular formula is C14H20ClN3O. The number of nitrogens with two attached hydrogens (primary N) is 1. The van der Waals surface area contributed by atoms with Crippen LogP contribution in [0.1, 0.15) is 42.7 Å². The second-order valence-corrected chi connectivity index (χ2v) is 4.92. The van der Waals surface area contributed by atoms with Crippen LogP contribution in [0.25, 0.3) is 0 Å². The zero-order valence-corrected chi connectivity index (χ0v) is 12.3. The standard InChI is InChI=1S/C14H19N3O.ClH/c1-9(2)13(15)14-16-12(17-18-14)8-11-7-5-4-6-10(11)3;/h4-7,9,13H,8,15H2,1-3H3;1H. The number of aryl methyl sites for hydroxylation is 1. The number of halogens is 1. The highest BCUT2D eigenvalue weighted by Gasteiger charge is 2.18. The van der Waals surface area contributed by atoms with E-state index >= 15 is 0 Å². The van der Waals surface area contributed by atoms with Gasteiger partial charge in [0.15, 0.2) is 5.82 Å². The maximum atomic E-state index is 5.98. The highest BCUT2D eigenvalue weighted by molar-refractivity contribution is 5.85. The van der Waals surface area contributed by atoms with Crippen molar-refractivity contribution in [3.63, 3.8) is 0 Å². The maximum Gasteiger partial charge on any atom is 0.243 e. The molecule has 0 aliphatic rings. The highest BCUT2D eigenvalue weighted by Crippen LogP contribution is 2.18. The molecular weight excluding hydrogens is 262 g/mol. The molecule has 1 aromatic heterocycles. The van der Waals surface area contributed by atoms with Gasteiger partial charge in [-0.2, -0.15) is 4.98 Å². The van der Waals surface area contributed by atoms with Crippen LogP contribution in [0.15, 0.2) is 28.8 Å². The van der Waals surface area contributed by atoms with E-state index in [1.807, 2.05) is 26.0 Å². The van der Waals surface area contributed by atoms with Gasteiger partial charge in [-0.1, -0.05) is 43.3 Å². The molecule has 0 bridgehead atoms. The summed E-state index contributed by atoms with van der Waals surface area (Å²) < 4.78 is 5.21. The van der Waals surface area contributed by atoms with Crippen LogP contribution in [0.4, 0.5) is 0 Å². The SMILES string of the molecule is Cc1ccccc1Cc1noc(C(N)C(C)C)n1.Cl. The summed E-state index contributed by atoms with van der Waals surface area (Å²) in [7, 11) is 0. The number of rotatable bonds is 4. The van der Waals surface area contributed by atoms with Crippen molar-refractivity contribution in [3.8, 4) is 0 Å². The molecule has 4 nitrogen and oxygen atoms in total. The lowest BCUT2D eigenvalue weighted by Crippen LogP contribution is -2.17. The molecule has 2 N–H and O–H groups in total. The van der Waals surface area contributed by atoms with Crippen molar-refractivity contribution in [1.29, 1.82) is 0 Å². The third-order valence-electron chi connectivity index (χ3n) is 3.10. The molecule has 0 spiro atoms. The first-order valence-corrected chi connectivity index (χ1v) is 6.20. The molecule has 0 radical (unpaired) electrons. The second-order valence-electron chi connectivity index (χ2n) is 4.92. The minimum atomic E-state index is -0.192. The first-order valence-electron chi connectivity index (χ1n) is 6.20. The Labute approximate surface area is 119 Å². The minimum absolute atomic E-state index is 0. The maximum absolute atomic E-state index is 5.98. The van der Waals surface area contributed by atoms with Crippen LogP contribution in [-0.4, -0.2) is 10.1 Å². The Balaban J connectivity index is 0.00000180. The second kappa shape index (κ2) is 6.68. The normalized spacial score (nSPS) is 12.3. The fraction of sp³-hybridized carbons (Fsp3) is 0.429. The van der Waals surface area contributed by atoms with Crippen LogP contribution in [-0.2, 0) is 6.42 Å². The lowest BCUT2D eigenvalue weighted by atomic mass is 10.1. The number of nitrogens with zero attached hydrogens (tertiary/aromatic N) is 2. The lowest BCUT2D eigenvalue weighted by Gasteiger charge is -2.09. The smallest absolute Gasteiger partial charge is 0.243 e. The number of aromatic nitrogens is 2. The molecule has 19 heavy (non-hydrogen) atoms. The molecule has 2 aromatic rings. The molecule has 1 aromatic carbocycles. The average molecular weight is 282 g/mol. The summed E-state index contributed by atoms with van der Waals surface area (Å²) >= 11 is 0. The van der Waals surface area contributed by atoms with Gasteiger partial charge in [0.2, 0.25) is 5.89 Å². The monoisotopic (exact) mass is 281 g/mol. The summed E-state index contributed by atoms with van der Waals surface area (Å²) in [6.07, 6.45) is 0.682. The molecule has 104 valence electrons. The van der Waals surface area contributed by atoms with Crippen LogP contribution >= 0.6 is 12.4 Å². The van der Waals surface area contributed by atoms with Crippen molar-refractivity contribution < 1.29 is 4.52 Å². The van der Waals surface area contributed by atoms with E-state index in [4.69, 9.17) is 10.3 Å². The van der Waals surface area contributed by atoms with E-state index in [0.29, 0.717) is 18.1 Å². The highest BCUT2D eigenvalue weighted by atomic mass is 35.5. The van der Waals surface area contributed by atoms with Crippen molar-refractivity contribution in [2.45, 2.75) is 33.2 Å². The van der Waals surface area contributed by atoms with Gasteiger partial charge in [0, 0.05) is 6.42 Å². The Bertz CT molecular complexity index is 525. The van der Waals surface area contributed by atoms with E-state index < -0.39 is 0 Å². The Kier molecular flexibility index (Phi) is 5.51. The van der Waals surface area contributed by atoms with Crippen LogP contribution in [0.3, 0.4) is 0 Å². The van der Waals surface area contributed by atoms with Gasteiger partial charge in [-0.25, -0.2) is 0 Å². The molecule has 0 aliphatic carbocycles. The summed E-state index contributed by atoms with van der Waals surface area (Å²) in [4.78, 5) is 4.37. The number of hydrogen-bond acceptors (Lipinski definition) is 4. The largest absolute Gasteiger partial charge is 0.338 e. The van der Waals surface area contributed by atoms with Crippen molar-refractivity contribution in [1.82, 2.24) is 10.1 Å². The Morgan fingerprint density at radius 2 is 1.95 bits per heavy atom. The molecule has 0 aliphatic heterocycles. The van der Waals surface area contributed by atoms with Crippen molar-refractivity contribution >= 4 is 12.4 Å². The predicted molar refractivity (Wildman–Crippen MR) is 77.3 cm³/mol. The van der Waals surface area contributed by atoms with Crippen molar-refractivity contribution in [2.24, 2.45) is 11.7 Å². The molecule has 0 fully saturated rings. The summed E-state index contributed by atoms with van der Waals surface area (Å²) in [5.41, 5.74) is 8.42. The third-order valence-corrected chi connectivity index (χ3v) is 3.10. The molecule has 1 unspecified atom stereocenters. The zero-order valence-electron chi connectivity index (χ0n) is 11.5. The molecule has 0 amide bonds. The van der Waals surface area contributed by atoms with Crippen LogP contribution in [0.2, 0.25) is 0 Å². The van der Waals surface area contributed by atoms with Gasteiger partial charge in [0.1, 0.15) is 0 Å². The van der Waals surface area contributed by atoms with Gasteiger partial charge >= 0.3 is 0 Å². The van der Waals surface area contributed by atoms with Gasteiger partial charge in [-0.15, -0.1) is 12.4 Å². The minimum Gasteiger partial charge on any atom is -0.338 e. The first-order chi connectivity index (χ1) is 8.58. The van der Waals surface area contributed by atoms with Crippen molar-refractivity contribution in [3.05, 3.63) is 47.1 Å². The fourth-order valence-electron chi connectivity index (χ4n) is 1.74. The summed E-state index contributed by atoms with van der Waals surface area (Å²) in [5.74, 6) is 1.50. The molecule has 1 atom stereocenters. The molecule has 0 saturated carbocycles. The van der Waals surface area contributed by atoms with Crippen LogP contribution in [0.5, 0.6) is 0 Å². The number of hydrogen-bond donors (Lipinski definition) is 1. The van der Waals surface area contributed by atoms with Gasteiger partial charge in [0.05, 0.1) is 6.04 Å². The van der Waals surface area contributed by atoms with E-state index in [2.05, 4.69) is 29.2 Å². The van der Waals surface area contributed by atoms with E-state index in [1.165, 1.54) is 11.1 Å². The first kappa shape index (κ1) is 15.7. The van der Waals surface area contributed by atoms with Gasteiger partial charge in [-0.05, 0) is 24.0 Å². The van der Waals surface area contributed by atoms with Crippen molar-refractivity contribution in [2.75, 3.05) is 0 Å². The summed E-state index contributed by atoms with van der Waals surface area (Å²) in [6, 6.07) is 8.01. The fourth-order valence-corrected chi connectivity index (χ4v) is 1.74. The average Bonchev–Trinajstić information content (AvgIpc) is 2.79. The molecule has 5 heteroatoms. The summed E-state index contributed by atoms with van der Waals surface area (Å²) in [5, 5.41) is 3.99. The predicted octanol–water partition coefficient (Wildman–Crippen LogP) is 3.05. The Morgan fingerprint density at radius 1 is 1.26 bits per heavy atom. The van der Waals surface area contributed by atoms with Gasteiger partial charge < -0.3 is 10.3 Å². The van der Waals surface area contributed by atoms with Gasteiger partial charge in [-0.3, -0.25) is 0 Å². The lowest BCUT2D eigenvalue weighted by molar-refractivity contribution is 0.322. The van der Waals surface area contributed by atoms with Crippen LogP contribution < -0.4 is 5.73 Å². The van der Waals surface area contributed by atoms with E-state index in [0.717, 1.165) is 0 Å². The Hall–Kier alpha value is -1.39. The van der Waals surface area contributed by atoms with Gasteiger partial charge in [0.25, 0.3) is 0 Å². The van der Waals surface area contributed by atoms with E-state index in [-0.39, 0.29) is 24.4 Å². The molecule has 2 rings (SSSR count). The third kappa shape index (κ3) is 3.78. The molecule has 1 heterocycles. The number of benzene rings is 1.